The minimum atomic E-state index is 0.157. The Hall–Kier alpha value is -1.01. The SMILES string of the molecule is CCN=C(NC1C2CCOC2C1(C)C)N(C)Cc1cc(Br)cn1C. The number of aliphatic imine (C=N–C) groups is 1. The first-order valence-electron chi connectivity index (χ1n) is 8.79. The monoisotopic (exact) mass is 396 g/mol. The van der Waals surface area contributed by atoms with Crippen LogP contribution in [0.4, 0.5) is 0 Å². The number of nitrogens with zero attached hydrogens (tertiary/aromatic N) is 3. The molecule has 1 N–H and O–H groups in total. The summed E-state index contributed by atoms with van der Waals surface area (Å²) in [6, 6.07) is 2.59. The largest absolute Gasteiger partial charge is 0.377 e. The number of aromatic nitrogens is 1. The summed E-state index contributed by atoms with van der Waals surface area (Å²) in [5.41, 5.74) is 1.41. The molecule has 1 aliphatic heterocycles. The Morgan fingerprint density at radius 3 is 2.92 bits per heavy atom. The third-order valence-electron chi connectivity index (χ3n) is 5.53. The third kappa shape index (κ3) is 3.10. The maximum absolute atomic E-state index is 5.91. The number of hydrogen-bond acceptors (Lipinski definition) is 2. The maximum atomic E-state index is 5.91. The van der Waals surface area contributed by atoms with Crippen LogP contribution in [0.2, 0.25) is 0 Å². The molecule has 134 valence electrons. The topological polar surface area (TPSA) is 41.8 Å². The maximum Gasteiger partial charge on any atom is 0.194 e. The Bertz CT molecular complexity index is 625. The van der Waals surface area contributed by atoms with E-state index in [1.165, 1.54) is 5.69 Å². The molecule has 3 unspecified atom stereocenters. The van der Waals surface area contributed by atoms with Crippen LogP contribution in [0, 0.1) is 11.3 Å². The molecular weight excluding hydrogens is 368 g/mol. The molecule has 3 rings (SSSR count). The molecule has 2 aliphatic rings. The zero-order valence-corrected chi connectivity index (χ0v) is 16.9. The predicted molar refractivity (Wildman–Crippen MR) is 101 cm³/mol. The Kier molecular flexibility index (Phi) is 4.98. The first kappa shape index (κ1) is 17.8. The van der Waals surface area contributed by atoms with Gasteiger partial charge in [-0.2, -0.15) is 0 Å². The molecule has 2 heterocycles. The van der Waals surface area contributed by atoms with Gasteiger partial charge in [0.15, 0.2) is 5.96 Å². The normalized spacial score (nSPS) is 28.4. The lowest BCUT2D eigenvalue weighted by Crippen LogP contribution is -2.67. The van der Waals surface area contributed by atoms with E-state index in [4.69, 9.17) is 9.73 Å². The summed E-state index contributed by atoms with van der Waals surface area (Å²) in [6.45, 7) is 9.18. The lowest BCUT2D eigenvalue weighted by molar-refractivity contribution is -0.107. The first-order chi connectivity index (χ1) is 11.3. The molecule has 0 bridgehead atoms. The summed E-state index contributed by atoms with van der Waals surface area (Å²) in [4.78, 5) is 6.94. The summed E-state index contributed by atoms with van der Waals surface area (Å²) in [7, 11) is 4.18. The molecular formula is C18H29BrN4O. The van der Waals surface area contributed by atoms with Gasteiger partial charge in [-0.1, -0.05) is 13.8 Å². The fourth-order valence-electron chi connectivity index (χ4n) is 4.22. The zero-order valence-electron chi connectivity index (χ0n) is 15.3. The molecule has 5 nitrogen and oxygen atoms in total. The molecule has 2 fully saturated rings. The van der Waals surface area contributed by atoms with E-state index >= 15 is 0 Å². The van der Waals surface area contributed by atoms with Crippen LogP contribution in [0.5, 0.6) is 0 Å². The highest BCUT2D eigenvalue weighted by Crippen LogP contribution is 2.52. The highest BCUT2D eigenvalue weighted by atomic mass is 79.9. The number of aryl methyl sites for hydroxylation is 1. The summed E-state index contributed by atoms with van der Waals surface area (Å²) in [5.74, 6) is 1.60. The van der Waals surface area contributed by atoms with Crippen LogP contribution >= 0.6 is 15.9 Å². The molecule has 1 aliphatic carbocycles. The smallest absolute Gasteiger partial charge is 0.194 e. The van der Waals surface area contributed by atoms with Gasteiger partial charge < -0.3 is 19.5 Å². The number of fused-ring (bicyclic) bond motifs is 1. The lowest BCUT2D eigenvalue weighted by Gasteiger charge is -2.55. The van der Waals surface area contributed by atoms with E-state index in [0.29, 0.717) is 18.1 Å². The van der Waals surface area contributed by atoms with Crippen molar-refractivity contribution in [3.63, 3.8) is 0 Å². The number of ether oxygens (including phenoxy) is 1. The Labute approximate surface area is 153 Å². The highest BCUT2D eigenvalue weighted by molar-refractivity contribution is 9.10. The van der Waals surface area contributed by atoms with Crippen LogP contribution in [-0.2, 0) is 18.3 Å². The van der Waals surface area contributed by atoms with Crippen molar-refractivity contribution in [3.8, 4) is 0 Å². The number of halogens is 1. The van der Waals surface area contributed by atoms with E-state index in [2.05, 4.69) is 77.8 Å². The van der Waals surface area contributed by atoms with Crippen molar-refractivity contribution < 1.29 is 4.74 Å². The number of rotatable bonds is 4. The Morgan fingerprint density at radius 1 is 1.54 bits per heavy atom. The van der Waals surface area contributed by atoms with Gasteiger partial charge in [0, 0.05) is 61.0 Å². The van der Waals surface area contributed by atoms with Gasteiger partial charge in [-0.3, -0.25) is 4.99 Å². The number of nitrogens with one attached hydrogen (secondary N) is 1. The molecule has 24 heavy (non-hydrogen) atoms. The summed E-state index contributed by atoms with van der Waals surface area (Å²) in [6.07, 6.45) is 3.63. The second-order valence-electron chi connectivity index (χ2n) is 7.60. The van der Waals surface area contributed by atoms with Gasteiger partial charge in [-0.15, -0.1) is 0 Å². The molecule has 0 radical (unpaired) electrons. The third-order valence-corrected chi connectivity index (χ3v) is 5.96. The van der Waals surface area contributed by atoms with Crippen LogP contribution in [-0.4, -0.2) is 47.8 Å². The van der Waals surface area contributed by atoms with Gasteiger partial charge in [0.2, 0.25) is 0 Å². The molecule has 1 aromatic heterocycles. The average molecular weight is 397 g/mol. The second kappa shape index (κ2) is 6.71. The fraction of sp³-hybridized carbons (Fsp3) is 0.722. The second-order valence-corrected chi connectivity index (χ2v) is 8.52. The molecule has 6 heteroatoms. The summed E-state index contributed by atoms with van der Waals surface area (Å²) in [5, 5.41) is 3.74. The van der Waals surface area contributed by atoms with Crippen molar-refractivity contribution in [3.05, 3.63) is 22.4 Å². The quantitative estimate of drug-likeness (QED) is 0.628. The van der Waals surface area contributed by atoms with Crippen molar-refractivity contribution in [1.82, 2.24) is 14.8 Å². The molecule has 1 saturated heterocycles. The van der Waals surface area contributed by atoms with E-state index < -0.39 is 0 Å². The predicted octanol–water partition coefficient (Wildman–Crippen LogP) is 3.00. The molecule has 0 spiro atoms. The standard InChI is InChI=1S/C18H29BrN4O/c1-6-20-17(23(5)11-13-9-12(19)10-22(13)4)21-15-14-7-8-24-16(14)18(15,2)3/h9-10,14-16H,6-8,11H2,1-5H3,(H,20,21). The molecule has 1 aromatic rings. The van der Waals surface area contributed by atoms with Crippen molar-refractivity contribution in [2.75, 3.05) is 20.2 Å². The van der Waals surface area contributed by atoms with E-state index in [-0.39, 0.29) is 5.41 Å². The van der Waals surface area contributed by atoms with Crippen molar-refractivity contribution in [2.24, 2.45) is 23.4 Å². The Balaban J connectivity index is 1.71. The van der Waals surface area contributed by atoms with Gasteiger partial charge in [0.1, 0.15) is 0 Å². The number of hydrogen-bond donors (Lipinski definition) is 1. The molecule has 3 atom stereocenters. The van der Waals surface area contributed by atoms with E-state index in [1.807, 2.05) is 0 Å². The van der Waals surface area contributed by atoms with E-state index in [0.717, 1.165) is 36.5 Å². The number of guanidine groups is 1. The minimum Gasteiger partial charge on any atom is -0.377 e. The Morgan fingerprint density at radius 2 is 2.29 bits per heavy atom. The van der Waals surface area contributed by atoms with Crippen molar-refractivity contribution >= 4 is 21.9 Å². The molecule has 1 saturated carbocycles. The summed E-state index contributed by atoms with van der Waals surface area (Å²) < 4.78 is 9.18. The van der Waals surface area contributed by atoms with Crippen molar-refractivity contribution in [2.45, 2.75) is 45.9 Å². The van der Waals surface area contributed by atoms with Crippen LogP contribution in [0.1, 0.15) is 32.9 Å². The molecule has 0 amide bonds. The lowest BCUT2D eigenvalue weighted by atomic mass is 9.57. The first-order valence-corrected chi connectivity index (χ1v) is 9.58. The van der Waals surface area contributed by atoms with Gasteiger partial charge in [0.05, 0.1) is 12.6 Å². The van der Waals surface area contributed by atoms with Crippen molar-refractivity contribution in [1.29, 1.82) is 0 Å². The van der Waals surface area contributed by atoms with Gasteiger partial charge in [-0.25, -0.2) is 0 Å². The van der Waals surface area contributed by atoms with Gasteiger partial charge >= 0.3 is 0 Å². The van der Waals surface area contributed by atoms with Gasteiger partial charge in [-0.05, 0) is 35.3 Å². The van der Waals surface area contributed by atoms with E-state index in [9.17, 15) is 0 Å². The van der Waals surface area contributed by atoms with Gasteiger partial charge in [0.25, 0.3) is 0 Å². The van der Waals surface area contributed by atoms with Crippen LogP contribution in [0.3, 0.4) is 0 Å². The minimum absolute atomic E-state index is 0.157. The average Bonchev–Trinajstić information content (AvgIpc) is 3.08. The highest BCUT2D eigenvalue weighted by Gasteiger charge is 2.59. The van der Waals surface area contributed by atoms with Crippen LogP contribution < -0.4 is 5.32 Å². The summed E-state index contributed by atoms with van der Waals surface area (Å²) >= 11 is 3.55. The fourth-order valence-corrected chi connectivity index (χ4v) is 4.80. The van der Waals surface area contributed by atoms with Crippen LogP contribution in [0.25, 0.3) is 0 Å². The molecule has 0 aromatic carbocycles. The zero-order chi connectivity index (χ0) is 17.5. The van der Waals surface area contributed by atoms with Crippen LogP contribution in [0.15, 0.2) is 21.7 Å². The van der Waals surface area contributed by atoms with E-state index in [1.54, 1.807) is 0 Å².